The zero-order valence-electron chi connectivity index (χ0n) is 11.0. The largest absolute Gasteiger partial charge is 0.345 e. The fourth-order valence-electron chi connectivity index (χ4n) is 1.85. The van der Waals surface area contributed by atoms with Crippen molar-refractivity contribution in [2.24, 2.45) is 7.05 Å². The lowest BCUT2D eigenvalue weighted by Crippen LogP contribution is -2.28. The van der Waals surface area contributed by atoms with Crippen LogP contribution in [0.5, 0.6) is 0 Å². The van der Waals surface area contributed by atoms with Crippen molar-refractivity contribution < 1.29 is 9.18 Å². The molecule has 2 rings (SSSR count). The van der Waals surface area contributed by atoms with Crippen LogP contribution in [0.2, 0.25) is 0 Å². The summed E-state index contributed by atoms with van der Waals surface area (Å²) in [5, 5.41) is 6.85. The quantitative estimate of drug-likeness (QED) is 0.857. The number of nitrogens with zero attached hydrogens (tertiary/aromatic N) is 3. The highest BCUT2D eigenvalue weighted by Gasteiger charge is 2.18. The molecule has 1 N–H and O–H groups in total. The van der Waals surface area contributed by atoms with Crippen LogP contribution in [0.3, 0.4) is 0 Å². The second-order valence-electron chi connectivity index (χ2n) is 4.35. The van der Waals surface area contributed by atoms with Gasteiger partial charge in [0.05, 0.1) is 17.8 Å². The molecule has 0 aliphatic rings. The van der Waals surface area contributed by atoms with E-state index in [2.05, 4.69) is 15.4 Å². The van der Waals surface area contributed by atoms with Crippen molar-refractivity contribution in [2.45, 2.75) is 19.9 Å². The SMILES string of the molecule is Cc1c(C(C)NC(=O)c2cccnc2F)cnn1C. The van der Waals surface area contributed by atoms with E-state index < -0.39 is 11.9 Å². The third kappa shape index (κ3) is 2.62. The fraction of sp³-hybridized carbons (Fsp3) is 0.308. The van der Waals surface area contributed by atoms with Crippen LogP contribution in [0.1, 0.15) is 34.6 Å². The van der Waals surface area contributed by atoms with E-state index in [1.54, 1.807) is 10.9 Å². The van der Waals surface area contributed by atoms with Gasteiger partial charge in [0.1, 0.15) is 0 Å². The molecule has 2 aromatic heterocycles. The molecule has 1 amide bonds. The number of hydrogen-bond donors (Lipinski definition) is 1. The molecule has 0 aliphatic carbocycles. The average Bonchev–Trinajstić information content (AvgIpc) is 2.70. The predicted octanol–water partition coefficient (Wildman–Crippen LogP) is 1.75. The Hall–Kier alpha value is -2.24. The first-order valence-electron chi connectivity index (χ1n) is 5.90. The molecule has 0 spiro atoms. The Balaban J connectivity index is 2.16. The summed E-state index contributed by atoms with van der Waals surface area (Å²) in [5.74, 6) is -1.25. The number of amides is 1. The van der Waals surface area contributed by atoms with Crippen molar-refractivity contribution in [2.75, 3.05) is 0 Å². The van der Waals surface area contributed by atoms with Gasteiger partial charge in [0, 0.05) is 24.5 Å². The number of aromatic nitrogens is 3. The monoisotopic (exact) mass is 262 g/mol. The molecule has 1 atom stereocenters. The van der Waals surface area contributed by atoms with Gasteiger partial charge in [0.2, 0.25) is 5.95 Å². The molecule has 100 valence electrons. The number of hydrogen-bond acceptors (Lipinski definition) is 3. The van der Waals surface area contributed by atoms with Gasteiger partial charge in [-0.2, -0.15) is 9.49 Å². The summed E-state index contributed by atoms with van der Waals surface area (Å²) < 4.78 is 15.1. The Bertz CT molecular complexity index is 608. The van der Waals surface area contributed by atoms with Crippen molar-refractivity contribution in [3.05, 3.63) is 47.3 Å². The number of halogens is 1. The molecule has 2 aromatic rings. The maximum Gasteiger partial charge on any atom is 0.256 e. The van der Waals surface area contributed by atoms with Crippen molar-refractivity contribution in [1.29, 1.82) is 0 Å². The third-order valence-electron chi connectivity index (χ3n) is 3.09. The van der Waals surface area contributed by atoms with Crippen LogP contribution in [0, 0.1) is 12.9 Å². The van der Waals surface area contributed by atoms with Crippen LogP contribution >= 0.6 is 0 Å². The number of pyridine rings is 1. The zero-order valence-corrected chi connectivity index (χ0v) is 11.0. The summed E-state index contributed by atoms with van der Waals surface area (Å²) >= 11 is 0. The molecule has 1 unspecified atom stereocenters. The lowest BCUT2D eigenvalue weighted by atomic mass is 10.1. The second-order valence-corrected chi connectivity index (χ2v) is 4.35. The molecule has 0 saturated carbocycles. The van der Waals surface area contributed by atoms with Crippen molar-refractivity contribution in [3.63, 3.8) is 0 Å². The highest BCUT2D eigenvalue weighted by atomic mass is 19.1. The zero-order chi connectivity index (χ0) is 14.0. The molecule has 5 nitrogen and oxygen atoms in total. The van der Waals surface area contributed by atoms with E-state index in [0.29, 0.717) is 0 Å². The minimum Gasteiger partial charge on any atom is -0.345 e. The topological polar surface area (TPSA) is 59.8 Å². The Kier molecular flexibility index (Phi) is 3.59. The van der Waals surface area contributed by atoms with Crippen LogP contribution in [-0.4, -0.2) is 20.7 Å². The smallest absolute Gasteiger partial charge is 0.256 e. The summed E-state index contributed by atoms with van der Waals surface area (Å²) in [6.45, 7) is 3.74. The highest BCUT2D eigenvalue weighted by molar-refractivity contribution is 5.94. The first kappa shape index (κ1) is 13.2. The summed E-state index contributed by atoms with van der Waals surface area (Å²) in [6, 6.07) is 2.68. The number of rotatable bonds is 3. The van der Waals surface area contributed by atoms with Crippen molar-refractivity contribution >= 4 is 5.91 Å². The third-order valence-corrected chi connectivity index (χ3v) is 3.09. The second kappa shape index (κ2) is 5.17. The van der Waals surface area contributed by atoms with Gasteiger partial charge in [-0.25, -0.2) is 4.98 Å². The van der Waals surface area contributed by atoms with E-state index in [1.165, 1.54) is 18.3 Å². The van der Waals surface area contributed by atoms with Gasteiger partial charge >= 0.3 is 0 Å². The molecular weight excluding hydrogens is 247 g/mol. The molecule has 0 saturated heterocycles. The normalized spacial score (nSPS) is 12.2. The standard InChI is InChI=1S/C13H15FN4O/c1-8(11-7-16-18(3)9(11)2)17-13(19)10-5-4-6-15-12(10)14/h4-8H,1-3H3,(H,17,19). The lowest BCUT2D eigenvalue weighted by Gasteiger charge is -2.13. The molecule has 0 bridgehead atoms. The van der Waals surface area contributed by atoms with Crippen molar-refractivity contribution in [3.8, 4) is 0 Å². The van der Waals surface area contributed by atoms with Gasteiger partial charge in [-0.3, -0.25) is 9.48 Å². The summed E-state index contributed by atoms with van der Waals surface area (Å²) in [4.78, 5) is 15.4. The summed E-state index contributed by atoms with van der Waals surface area (Å²) in [5.41, 5.74) is 1.80. The van der Waals surface area contributed by atoms with Gasteiger partial charge in [-0.1, -0.05) is 0 Å². The Morgan fingerprint density at radius 3 is 2.84 bits per heavy atom. The first-order chi connectivity index (χ1) is 9.00. The van der Waals surface area contributed by atoms with Gasteiger partial charge in [0.15, 0.2) is 0 Å². The summed E-state index contributed by atoms with van der Waals surface area (Å²) in [7, 11) is 1.83. The Morgan fingerprint density at radius 1 is 1.53 bits per heavy atom. The van der Waals surface area contributed by atoms with E-state index in [-0.39, 0.29) is 11.6 Å². The maximum absolute atomic E-state index is 13.4. The van der Waals surface area contributed by atoms with Gasteiger partial charge in [0.25, 0.3) is 5.91 Å². The molecule has 0 fully saturated rings. The van der Waals surface area contributed by atoms with Gasteiger partial charge in [-0.15, -0.1) is 0 Å². The predicted molar refractivity (Wildman–Crippen MR) is 68.0 cm³/mol. The van der Waals surface area contributed by atoms with Crippen LogP contribution in [0.4, 0.5) is 4.39 Å². The molecular formula is C13H15FN4O. The van der Waals surface area contributed by atoms with Gasteiger partial charge in [-0.05, 0) is 26.0 Å². The number of aryl methyl sites for hydroxylation is 1. The minimum absolute atomic E-state index is 0.0594. The average molecular weight is 262 g/mol. The number of carbonyl (C=O) groups is 1. The molecule has 0 radical (unpaired) electrons. The number of nitrogens with one attached hydrogen (secondary N) is 1. The number of carbonyl (C=O) groups excluding carboxylic acids is 1. The van der Waals surface area contributed by atoms with Crippen LogP contribution in [0.15, 0.2) is 24.5 Å². The maximum atomic E-state index is 13.4. The Morgan fingerprint density at radius 2 is 2.26 bits per heavy atom. The molecule has 6 heteroatoms. The van der Waals surface area contributed by atoms with E-state index >= 15 is 0 Å². The summed E-state index contributed by atoms with van der Waals surface area (Å²) in [6.07, 6.45) is 3.00. The van der Waals surface area contributed by atoms with Crippen LogP contribution in [0.25, 0.3) is 0 Å². The van der Waals surface area contributed by atoms with E-state index in [1.807, 2.05) is 20.9 Å². The lowest BCUT2D eigenvalue weighted by molar-refractivity contribution is 0.0935. The minimum atomic E-state index is -0.768. The first-order valence-corrected chi connectivity index (χ1v) is 5.90. The Labute approximate surface area is 110 Å². The van der Waals surface area contributed by atoms with Crippen LogP contribution < -0.4 is 5.32 Å². The fourth-order valence-corrected chi connectivity index (χ4v) is 1.85. The molecule has 0 aromatic carbocycles. The van der Waals surface area contributed by atoms with Crippen LogP contribution in [-0.2, 0) is 7.05 Å². The molecule has 19 heavy (non-hydrogen) atoms. The van der Waals surface area contributed by atoms with Crippen molar-refractivity contribution in [1.82, 2.24) is 20.1 Å². The van der Waals surface area contributed by atoms with E-state index in [9.17, 15) is 9.18 Å². The molecule has 0 aliphatic heterocycles. The van der Waals surface area contributed by atoms with E-state index in [4.69, 9.17) is 0 Å². The molecule has 2 heterocycles. The van der Waals surface area contributed by atoms with Gasteiger partial charge < -0.3 is 5.32 Å². The van der Waals surface area contributed by atoms with E-state index in [0.717, 1.165) is 11.3 Å². The highest BCUT2D eigenvalue weighted by Crippen LogP contribution is 2.16.